The SMILES string of the molecule is COC(=O)c1ccc(/C=C(\C(=O)O)c2ccc3c(c2)OCO3)cc1. The fourth-order valence-electron chi connectivity index (χ4n) is 2.33. The Morgan fingerprint density at radius 1 is 1.04 bits per heavy atom. The van der Waals surface area contributed by atoms with Crippen LogP contribution in [-0.4, -0.2) is 30.9 Å². The van der Waals surface area contributed by atoms with Gasteiger partial charge in [-0.3, -0.25) is 0 Å². The van der Waals surface area contributed by atoms with Gasteiger partial charge in [0.05, 0.1) is 18.2 Å². The van der Waals surface area contributed by atoms with Gasteiger partial charge < -0.3 is 19.3 Å². The molecule has 2 aromatic rings. The molecular formula is C18H14O6. The number of carboxylic acids is 1. The second-order valence-electron chi connectivity index (χ2n) is 5.04. The van der Waals surface area contributed by atoms with E-state index in [1.165, 1.54) is 13.2 Å². The highest BCUT2D eigenvalue weighted by atomic mass is 16.7. The summed E-state index contributed by atoms with van der Waals surface area (Å²) in [4.78, 5) is 23.0. The third-order valence-electron chi connectivity index (χ3n) is 3.56. The standard InChI is InChI=1S/C18H14O6/c1-22-18(21)12-4-2-11(3-5-12)8-14(17(19)20)13-6-7-15-16(9-13)24-10-23-15/h2-9H,10H2,1H3,(H,19,20)/b14-8-. The van der Waals surface area contributed by atoms with Gasteiger partial charge in [-0.15, -0.1) is 0 Å². The predicted octanol–water partition coefficient (Wildman–Crippen LogP) is 2.83. The molecule has 0 bridgehead atoms. The van der Waals surface area contributed by atoms with Crippen LogP contribution >= 0.6 is 0 Å². The third-order valence-corrected chi connectivity index (χ3v) is 3.56. The minimum atomic E-state index is -1.06. The smallest absolute Gasteiger partial charge is 0.337 e. The third kappa shape index (κ3) is 3.08. The van der Waals surface area contributed by atoms with Crippen molar-refractivity contribution in [2.75, 3.05) is 13.9 Å². The Kier molecular flexibility index (Phi) is 4.20. The van der Waals surface area contributed by atoms with E-state index < -0.39 is 11.9 Å². The molecule has 0 atom stereocenters. The molecule has 0 radical (unpaired) electrons. The zero-order valence-electron chi connectivity index (χ0n) is 12.8. The lowest BCUT2D eigenvalue weighted by atomic mass is 10.0. The number of hydrogen-bond donors (Lipinski definition) is 1. The molecule has 1 aliphatic rings. The molecule has 24 heavy (non-hydrogen) atoms. The van der Waals surface area contributed by atoms with Gasteiger partial charge in [-0.2, -0.15) is 0 Å². The molecule has 122 valence electrons. The van der Waals surface area contributed by atoms with Crippen LogP contribution in [0.25, 0.3) is 11.6 Å². The van der Waals surface area contributed by atoms with E-state index in [0.29, 0.717) is 28.2 Å². The molecule has 0 aromatic heterocycles. The van der Waals surface area contributed by atoms with Gasteiger partial charge in [0, 0.05) is 0 Å². The molecule has 2 aromatic carbocycles. The molecule has 0 aliphatic carbocycles. The van der Waals surface area contributed by atoms with Gasteiger partial charge in [-0.05, 0) is 41.5 Å². The lowest BCUT2D eigenvalue weighted by Crippen LogP contribution is -2.01. The van der Waals surface area contributed by atoms with E-state index in [1.54, 1.807) is 42.5 Å². The van der Waals surface area contributed by atoms with Gasteiger partial charge in [-0.25, -0.2) is 9.59 Å². The zero-order valence-corrected chi connectivity index (χ0v) is 12.8. The van der Waals surface area contributed by atoms with E-state index in [0.717, 1.165) is 0 Å². The van der Waals surface area contributed by atoms with Crippen molar-refractivity contribution in [3.63, 3.8) is 0 Å². The van der Waals surface area contributed by atoms with Crippen LogP contribution in [0, 0.1) is 0 Å². The Labute approximate surface area is 137 Å². The molecule has 0 fully saturated rings. The summed E-state index contributed by atoms with van der Waals surface area (Å²) in [6.07, 6.45) is 1.53. The maximum atomic E-state index is 11.6. The maximum Gasteiger partial charge on any atom is 0.337 e. The summed E-state index contributed by atoms with van der Waals surface area (Å²) < 4.78 is 15.1. The van der Waals surface area contributed by atoms with Crippen molar-refractivity contribution in [1.29, 1.82) is 0 Å². The molecule has 0 unspecified atom stereocenters. The number of methoxy groups -OCH3 is 1. The zero-order chi connectivity index (χ0) is 17.1. The minimum absolute atomic E-state index is 0.110. The minimum Gasteiger partial charge on any atom is -0.478 e. The highest BCUT2D eigenvalue weighted by Gasteiger charge is 2.17. The van der Waals surface area contributed by atoms with E-state index in [1.807, 2.05) is 0 Å². The van der Waals surface area contributed by atoms with Gasteiger partial charge in [0.1, 0.15) is 0 Å². The number of fused-ring (bicyclic) bond motifs is 1. The van der Waals surface area contributed by atoms with Crippen molar-refractivity contribution in [2.45, 2.75) is 0 Å². The Balaban J connectivity index is 1.94. The first-order valence-corrected chi connectivity index (χ1v) is 7.12. The molecule has 0 spiro atoms. The first kappa shape index (κ1) is 15.6. The molecule has 6 nitrogen and oxygen atoms in total. The number of ether oxygens (including phenoxy) is 3. The van der Waals surface area contributed by atoms with Crippen molar-refractivity contribution >= 4 is 23.6 Å². The topological polar surface area (TPSA) is 82.1 Å². The normalized spacial score (nSPS) is 12.8. The van der Waals surface area contributed by atoms with E-state index in [-0.39, 0.29) is 12.4 Å². The number of rotatable bonds is 4. The quantitative estimate of drug-likeness (QED) is 0.528. The number of carboxylic acid groups (broad SMARTS) is 1. The molecule has 0 amide bonds. The van der Waals surface area contributed by atoms with Crippen LogP contribution in [0.15, 0.2) is 42.5 Å². The maximum absolute atomic E-state index is 11.6. The Morgan fingerprint density at radius 3 is 2.38 bits per heavy atom. The molecule has 1 heterocycles. The van der Waals surface area contributed by atoms with Gasteiger partial charge in [0.15, 0.2) is 11.5 Å². The monoisotopic (exact) mass is 326 g/mol. The molecular weight excluding hydrogens is 312 g/mol. The van der Waals surface area contributed by atoms with E-state index in [9.17, 15) is 14.7 Å². The highest BCUT2D eigenvalue weighted by Crippen LogP contribution is 2.35. The van der Waals surface area contributed by atoms with Crippen molar-refractivity contribution in [3.8, 4) is 11.5 Å². The molecule has 0 saturated carbocycles. The fraction of sp³-hybridized carbons (Fsp3) is 0.111. The van der Waals surface area contributed by atoms with Gasteiger partial charge >= 0.3 is 11.9 Å². The van der Waals surface area contributed by atoms with Crippen LogP contribution in [0.1, 0.15) is 21.5 Å². The molecule has 1 aliphatic heterocycles. The lowest BCUT2D eigenvalue weighted by Gasteiger charge is -2.05. The summed E-state index contributed by atoms with van der Waals surface area (Å²) in [6.45, 7) is 0.125. The van der Waals surface area contributed by atoms with Crippen molar-refractivity contribution in [1.82, 2.24) is 0 Å². The average molecular weight is 326 g/mol. The van der Waals surface area contributed by atoms with E-state index >= 15 is 0 Å². The summed E-state index contributed by atoms with van der Waals surface area (Å²) >= 11 is 0. The summed E-state index contributed by atoms with van der Waals surface area (Å²) in [5, 5.41) is 9.50. The van der Waals surface area contributed by atoms with E-state index in [2.05, 4.69) is 4.74 Å². The number of carbonyl (C=O) groups excluding carboxylic acids is 1. The second-order valence-corrected chi connectivity index (χ2v) is 5.04. The van der Waals surface area contributed by atoms with Crippen LogP contribution in [-0.2, 0) is 9.53 Å². The number of esters is 1. The number of hydrogen-bond acceptors (Lipinski definition) is 5. The van der Waals surface area contributed by atoms with Crippen LogP contribution in [0.5, 0.6) is 11.5 Å². The van der Waals surface area contributed by atoms with Crippen LogP contribution in [0.4, 0.5) is 0 Å². The summed E-state index contributed by atoms with van der Waals surface area (Å²) in [5.41, 5.74) is 1.66. The summed E-state index contributed by atoms with van der Waals surface area (Å²) in [6, 6.07) is 11.4. The molecule has 6 heteroatoms. The predicted molar refractivity (Wildman–Crippen MR) is 85.9 cm³/mol. The first-order valence-electron chi connectivity index (χ1n) is 7.12. The molecule has 1 N–H and O–H groups in total. The Morgan fingerprint density at radius 2 is 1.71 bits per heavy atom. The summed E-state index contributed by atoms with van der Waals surface area (Å²) in [7, 11) is 1.30. The van der Waals surface area contributed by atoms with Crippen LogP contribution < -0.4 is 9.47 Å². The van der Waals surface area contributed by atoms with Gasteiger partial charge in [0.25, 0.3) is 0 Å². The fourth-order valence-corrected chi connectivity index (χ4v) is 2.33. The van der Waals surface area contributed by atoms with Crippen LogP contribution in [0.2, 0.25) is 0 Å². The van der Waals surface area contributed by atoms with E-state index in [4.69, 9.17) is 9.47 Å². The first-order chi connectivity index (χ1) is 11.6. The largest absolute Gasteiger partial charge is 0.478 e. The van der Waals surface area contributed by atoms with Gasteiger partial charge in [0.2, 0.25) is 6.79 Å². The van der Waals surface area contributed by atoms with Gasteiger partial charge in [-0.1, -0.05) is 18.2 Å². The Hall–Kier alpha value is -3.28. The van der Waals surface area contributed by atoms with Crippen molar-refractivity contribution in [2.24, 2.45) is 0 Å². The highest BCUT2D eigenvalue weighted by molar-refractivity contribution is 6.20. The number of carbonyl (C=O) groups is 2. The lowest BCUT2D eigenvalue weighted by molar-refractivity contribution is -0.130. The molecule has 3 rings (SSSR count). The van der Waals surface area contributed by atoms with Crippen LogP contribution in [0.3, 0.4) is 0 Å². The Bertz CT molecular complexity index is 820. The summed E-state index contributed by atoms with van der Waals surface area (Å²) in [5.74, 6) is -0.405. The van der Waals surface area contributed by atoms with Crippen molar-refractivity contribution < 1.29 is 28.9 Å². The number of benzene rings is 2. The second kappa shape index (κ2) is 6.45. The van der Waals surface area contributed by atoms with Crippen molar-refractivity contribution in [3.05, 3.63) is 59.2 Å². The average Bonchev–Trinajstić information content (AvgIpc) is 3.06. The number of aliphatic carboxylic acids is 1. The molecule has 0 saturated heterocycles.